The van der Waals surface area contributed by atoms with Gasteiger partial charge in [0.05, 0.1) is 13.2 Å². The summed E-state index contributed by atoms with van der Waals surface area (Å²) >= 11 is 0. The van der Waals surface area contributed by atoms with Gasteiger partial charge in [0, 0.05) is 12.1 Å². The summed E-state index contributed by atoms with van der Waals surface area (Å²) in [4.78, 5) is 0. The maximum absolute atomic E-state index is 10.2. The molecule has 1 unspecified atom stereocenters. The zero-order chi connectivity index (χ0) is 13.0. The molecule has 0 aliphatic heterocycles. The van der Waals surface area contributed by atoms with Gasteiger partial charge >= 0.3 is 0 Å². The molecule has 3 heteroatoms. The maximum Gasteiger partial charge on any atom is 0.119 e. The molecule has 0 bridgehead atoms. The van der Waals surface area contributed by atoms with E-state index in [4.69, 9.17) is 10.5 Å². The number of methoxy groups -OCH3 is 1. The number of hydrogen-bond acceptors (Lipinski definition) is 3. The average Bonchev–Trinajstić information content (AvgIpc) is 2.42. The molecule has 2 aromatic rings. The molecule has 18 heavy (non-hydrogen) atoms. The molecule has 3 N–H and O–H groups in total. The van der Waals surface area contributed by atoms with Crippen molar-refractivity contribution >= 4 is 5.69 Å². The van der Waals surface area contributed by atoms with Gasteiger partial charge in [-0.2, -0.15) is 0 Å². The molecule has 3 nitrogen and oxygen atoms in total. The average molecular weight is 243 g/mol. The Morgan fingerprint density at radius 2 is 1.89 bits per heavy atom. The van der Waals surface area contributed by atoms with E-state index >= 15 is 0 Å². The van der Waals surface area contributed by atoms with Gasteiger partial charge in [0.25, 0.3) is 0 Å². The second-order valence-corrected chi connectivity index (χ2v) is 4.20. The fraction of sp³-hybridized carbons (Fsp3) is 0.200. The molecule has 0 spiro atoms. The van der Waals surface area contributed by atoms with Gasteiger partial charge in [-0.25, -0.2) is 0 Å². The van der Waals surface area contributed by atoms with Crippen LogP contribution < -0.4 is 10.5 Å². The number of aliphatic hydroxyl groups excluding tert-OH is 1. The van der Waals surface area contributed by atoms with Crippen molar-refractivity contribution in [1.82, 2.24) is 0 Å². The van der Waals surface area contributed by atoms with Gasteiger partial charge in [-0.1, -0.05) is 30.3 Å². The fourth-order valence-corrected chi connectivity index (χ4v) is 1.89. The summed E-state index contributed by atoms with van der Waals surface area (Å²) in [6.45, 7) is 0. The second kappa shape index (κ2) is 5.56. The first-order valence-corrected chi connectivity index (χ1v) is 5.86. The van der Waals surface area contributed by atoms with Gasteiger partial charge in [-0.3, -0.25) is 0 Å². The van der Waals surface area contributed by atoms with Crippen LogP contribution in [0.15, 0.2) is 48.5 Å². The van der Waals surface area contributed by atoms with Gasteiger partial charge in [0.15, 0.2) is 0 Å². The molecule has 0 heterocycles. The zero-order valence-corrected chi connectivity index (χ0v) is 10.3. The summed E-state index contributed by atoms with van der Waals surface area (Å²) in [5, 5.41) is 10.2. The molecular weight excluding hydrogens is 226 g/mol. The number of aliphatic hydroxyl groups is 1. The third-order valence-corrected chi connectivity index (χ3v) is 2.95. The highest BCUT2D eigenvalue weighted by molar-refractivity contribution is 5.51. The minimum atomic E-state index is -0.555. The predicted molar refractivity (Wildman–Crippen MR) is 72.5 cm³/mol. The number of rotatable bonds is 4. The van der Waals surface area contributed by atoms with Crippen molar-refractivity contribution < 1.29 is 9.84 Å². The summed E-state index contributed by atoms with van der Waals surface area (Å²) in [5.41, 5.74) is 8.36. The standard InChI is InChI=1S/C15H17NO2/c1-18-13-7-8-14(16)12(9-13)10-15(17)11-5-3-2-4-6-11/h2-9,15,17H,10,16H2,1H3. The summed E-state index contributed by atoms with van der Waals surface area (Å²) in [7, 11) is 1.61. The third kappa shape index (κ3) is 2.81. The second-order valence-electron chi connectivity index (χ2n) is 4.20. The monoisotopic (exact) mass is 243 g/mol. The summed E-state index contributed by atoms with van der Waals surface area (Å²) < 4.78 is 5.16. The van der Waals surface area contributed by atoms with Crippen LogP contribution in [0.25, 0.3) is 0 Å². The molecule has 94 valence electrons. The van der Waals surface area contributed by atoms with E-state index < -0.39 is 6.10 Å². The quantitative estimate of drug-likeness (QED) is 0.811. The van der Waals surface area contributed by atoms with Crippen molar-refractivity contribution in [3.8, 4) is 5.75 Å². The minimum Gasteiger partial charge on any atom is -0.497 e. The van der Waals surface area contributed by atoms with Crippen LogP contribution in [0.5, 0.6) is 5.75 Å². The lowest BCUT2D eigenvalue weighted by molar-refractivity contribution is 0.178. The van der Waals surface area contributed by atoms with E-state index in [9.17, 15) is 5.11 Å². The molecule has 2 aromatic carbocycles. The van der Waals surface area contributed by atoms with Crippen molar-refractivity contribution in [1.29, 1.82) is 0 Å². The van der Waals surface area contributed by atoms with Crippen LogP contribution in [0.3, 0.4) is 0 Å². The lowest BCUT2D eigenvalue weighted by Gasteiger charge is -2.13. The van der Waals surface area contributed by atoms with Crippen molar-refractivity contribution in [2.75, 3.05) is 12.8 Å². The first-order valence-electron chi connectivity index (χ1n) is 5.86. The maximum atomic E-state index is 10.2. The zero-order valence-electron chi connectivity index (χ0n) is 10.3. The van der Waals surface area contributed by atoms with E-state index in [-0.39, 0.29) is 0 Å². The highest BCUT2D eigenvalue weighted by atomic mass is 16.5. The normalized spacial score (nSPS) is 12.1. The fourth-order valence-electron chi connectivity index (χ4n) is 1.89. The highest BCUT2D eigenvalue weighted by Crippen LogP contribution is 2.25. The molecule has 1 atom stereocenters. The van der Waals surface area contributed by atoms with Crippen LogP contribution in [-0.4, -0.2) is 12.2 Å². The summed E-state index contributed by atoms with van der Waals surface area (Å²) in [5.74, 6) is 0.750. The molecule has 0 aliphatic carbocycles. The smallest absolute Gasteiger partial charge is 0.119 e. The Morgan fingerprint density at radius 3 is 2.56 bits per heavy atom. The SMILES string of the molecule is COc1ccc(N)c(CC(O)c2ccccc2)c1. The molecule has 0 amide bonds. The minimum absolute atomic E-state index is 0.479. The van der Waals surface area contributed by atoms with Gasteiger partial charge in [0.2, 0.25) is 0 Å². The lowest BCUT2D eigenvalue weighted by Crippen LogP contribution is -2.04. The highest BCUT2D eigenvalue weighted by Gasteiger charge is 2.10. The molecule has 0 fully saturated rings. The number of nitrogens with two attached hydrogens (primary N) is 1. The Bertz CT molecular complexity index is 511. The molecular formula is C15H17NO2. The van der Waals surface area contributed by atoms with Crippen molar-refractivity contribution in [2.24, 2.45) is 0 Å². The van der Waals surface area contributed by atoms with Crippen LogP contribution in [0.4, 0.5) is 5.69 Å². The molecule has 0 aromatic heterocycles. The molecule has 0 saturated carbocycles. The van der Waals surface area contributed by atoms with Gasteiger partial charge in [0.1, 0.15) is 5.75 Å². The Labute approximate surface area is 107 Å². The van der Waals surface area contributed by atoms with Crippen LogP contribution in [0.1, 0.15) is 17.2 Å². The number of benzene rings is 2. The van der Waals surface area contributed by atoms with Gasteiger partial charge in [-0.15, -0.1) is 0 Å². The Balaban J connectivity index is 2.18. The van der Waals surface area contributed by atoms with Gasteiger partial charge in [-0.05, 0) is 29.3 Å². The van der Waals surface area contributed by atoms with E-state index in [1.807, 2.05) is 42.5 Å². The van der Waals surface area contributed by atoms with Crippen LogP contribution in [-0.2, 0) is 6.42 Å². The van der Waals surface area contributed by atoms with Crippen molar-refractivity contribution in [3.63, 3.8) is 0 Å². The van der Waals surface area contributed by atoms with Crippen molar-refractivity contribution in [2.45, 2.75) is 12.5 Å². The van der Waals surface area contributed by atoms with E-state index in [1.165, 1.54) is 0 Å². The number of hydrogen-bond donors (Lipinski definition) is 2. The number of nitrogen functional groups attached to an aromatic ring is 1. The largest absolute Gasteiger partial charge is 0.497 e. The van der Waals surface area contributed by atoms with Gasteiger partial charge < -0.3 is 15.6 Å². The van der Waals surface area contributed by atoms with Crippen LogP contribution >= 0.6 is 0 Å². The predicted octanol–water partition coefficient (Wildman–Crippen LogP) is 2.55. The van der Waals surface area contributed by atoms with E-state index in [0.29, 0.717) is 12.1 Å². The Hall–Kier alpha value is -2.00. The molecule has 2 rings (SSSR count). The van der Waals surface area contributed by atoms with E-state index in [2.05, 4.69) is 0 Å². The molecule has 0 radical (unpaired) electrons. The summed E-state index contributed by atoms with van der Waals surface area (Å²) in [6, 6.07) is 15.0. The van der Waals surface area contributed by atoms with Crippen molar-refractivity contribution in [3.05, 3.63) is 59.7 Å². The number of ether oxygens (including phenoxy) is 1. The molecule has 0 aliphatic rings. The Morgan fingerprint density at radius 1 is 1.17 bits per heavy atom. The Kier molecular flexibility index (Phi) is 3.85. The van der Waals surface area contributed by atoms with Crippen LogP contribution in [0, 0.1) is 0 Å². The first-order chi connectivity index (χ1) is 8.70. The number of anilines is 1. The summed E-state index contributed by atoms with van der Waals surface area (Å²) in [6.07, 6.45) is -0.0758. The van der Waals surface area contributed by atoms with E-state index in [1.54, 1.807) is 13.2 Å². The molecule has 0 saturated heterocycles. The first kappa shape index (κ1) is 12.5. The lowest BCUT2D eigenvalue weighted by atomic mass is 10.00. The third-order valence-electron chi connectivity index (χ3n) is 2.95. The topological polar surface area (TPSA) is 55.5 Å². The van der Waals surface area contributed by atoms with Crippen LogP contribution in [0.2, 0.25) is 0 Å². The van der Waals surface area contributed by atoms with E-state index in [0.717, 1.165) is 16.9 Å².